The van der Waals surface area contributed by atoms with E-state index in [-0.39, 0.29) is 5.91 Å². The monoisotopic (exact) mass is 416 g/mol. The van der Waals surface area contributed by atoms with Crippen molar-refractivity contribution in [3.05, 3.63) is 65.3 Å². The van der Waals surface area contributed by atoms with E-state index in [0.29, 0.717) is 11.0 Å². The normalized spacial score (nSPS) is 17.8. The number of fused-ring (bicyclic) bond motifs is 1. The van der Waals surface area contributed by atoms with Crippen LogP contribution in [0.4, 0.5) is 0 Å². The number of aromatic amines is 1. The van der Waals surface area contributed by atoms with Crippen molar-refractivity contribution >= 4 is 51.9 Å². The number of amides is 1. The maximum atomic E-state index is 12.8. The van der Waals surface area contributed by atoms with Crippen LogP contribution in [0.2, 0.25) is 5.02 Å². The van der Waals surface area contributed by atoms with Crippen LogP contribution in [-0.2, 0) is 4.79 Å². The van der Waals surface area contributed by atoms with Crippen molar-refractivity contribution < 1.29 is 4.79 Å². The topological polar surface area (TPSA) is 36.1 Å². The molecule has 1 N–H and O–H groups in total. The van der Waals surface area contributed by atoms with E-state index in [4.69, 9.17) is 11.6 Å². The average molecular weight is 417 g/mol. The van der Waals surface area contributed by atoms with Crippen LogP contribution in [0.25, 0.3) is 10.9 Å². The standard InChI is InChI=1S/C21H21ClN2OS2/c22-17-7-3-1-5-15(17)19-9-10-24(11-12-26-19)21(25)14-27-20-13-23-18-8-4-2-6-16(18)20/h1-8,13,19,23H,9-12,14H2/t19-/m0/s1. The van der Waals surface area contributed by atoms with Gasteiger partial charge in [-0.05, 0) is 24.1 Å². The van der Waals surface area contributed by atoms with E-state index in [9.17, 15) is 4.79 Å². The van der Waals surface area contributed by atoms with Crippen LogP contribution in [0.3, 0.4) is 0 Å². The Balaban J connectivity index is 1.36. The van der Waals surface area contributed by atoms with Crippen LogP contribution >= 0.6 is 35.1 Å². The smallest absolute Gasteiger partial charge is 0.232 e. The number of aromatic nitrogens is 1. The number of nitrogens with zero attached hydrogens (tertiary/aromatic N) is 1. The summed E-state index contributed by atoms with van der Waals surface area (Å²) in [5, 5.41) is 2.36. The molecular weight excluding hydrogens is 396 g/mol. The zero-order chi connectivity index (χ0) is 18.6. The van der Waals surface area contributed by atoms with E-state index >= 15 is 0 Å². The fraction of sp³-hybridized carbons (Fsp3) is 0.286. The first-order valence-electron chi connectivity index (χ1n) is 9.05. The molecule has 3 nitrogen and oxygen atoms in total. The minimum Gasteiger partial charge on any atom is -0.360 e. The number of hydrogen-bond acceptors (Lipinski definition) is 3. The van der Waals surface area contributed by atoms with Crippen LogP contribution < -0.4 is 0 Å². The number of H-pyrrole nitrogens is 1. The molecule has 1 fully saturated rings. The molecule has 1 amide bonds. The quantitative estimate of drug-likeness (QED) is 0.560. The minimum absolute atomic E-state index is 0.214. The average Bonchev–Trinajstić information content (AvgIpc) is 2.94. The molecule has 1 saturated heterocycles. The number of benzene rings is 2. The summed E-state index contributed by atoms with van der Waals surface area (Å²) in [5.41, 5.74) is 2.30. The van der Waals surface area contributed by atoms with E-state index in [1.54, 1.807) is 11.8 Å². The van der Waals surface area contributed by atoms with E-state index in [1.165, 1.54) is 10.9 Å². The van der Waals surface area contributed by atoms with Gasteiger partial charge in [-0.3, -0.25) is 4.79 Å². The number of rotatable bonds is 4. The molecule has 6 heteroatoms. The molecule has 27 heavy (non-hydrogen) atoms. The lowest BCUT2D eigenvalue weighted by Crippen LogP contribution is -2.34. The van der Waals surface area contributed by atoms with Gasteiger partial charge in [-0.25, -0.2) is 0 Å². The second-order valence-electron chi connectivity index (χ2n) is 6.54. The molecular formula is C21H21ClN2OS2. The Morgan fingerprint density at radius 1 is 1.19 bits per heavy atom. The summed E-state index contributed by atoms with van der Waals surface area (Å²) in [6.07, 6.45) is 2.94. The minimum atomic E-state index is 0.214. The van der Waals surface area contributed by atoms with E-state index in [0.717, 1.165) is 40.7 Å². The molecule has 1 aliphatic heterocycles. The molecule has 0 radical (unpaired) electrons. The number of carbonyl (C=O) groups excluding carboxylic acids is 1. The maximum absolute atomic E-state index is 12.8. The highest BCUT2D eigenvalue weighted by Crippen LogP contribution is 2.38. The van der Waals surface area contributed by atoms with E-state index in [2.05, 4.69) is 23.2 Å². The molecule has 1 atom stereocenters. The summed E-state index contributed by atoms with van der Waals surface area (Å²) in [4.78, 5) is 19.2. The van der Waals surface area contributed by atoms with E-state index < -0.39 is 0 Å². The summed E-state index contributed by atoms with van der Waals surface area (Å²) >= 11 is 9.88. The molecule has 3 aromatic rings. The number of carbonyl (C=O) groups is 1. The van der Waals surface area contributed by atoms with Crippen LogP contribution in [0.15, 0.2) is 59.6 Å². The molecule has 2 aromatic carbocycles. The molecule has 0 spiro atoms. The van der Waals surface area contributed by atoms with Gasteiger partial charge in [0.1, 0.15) is 0 Å². The van der Waals surface area contributed by atoms with Crippen molar-refractivity contribution in [2.45, 2.75) is 16.6 Å². The highest BCUT2D eigenvalue weighted by molar-refractivity contribution is 8.00. The number of para-hydroxylation sites is 1. The van der Waals surface area contributed by atoms with Crippen molar-refractivity contribution in [2.75, 3.05) is 24.6 Å². The molecule has 0 unspecified atom stereocenters. The number of thioether (sulfide) groups is 2. The molecule has 0 aliphatic carbocycles. The van der Waals surface area contributed by atoms with Gasteiger partial charge in [-0.1, -0.05) is 48.0 Å². The largest absolute Gasteiger partial charge is 0.360 e. The number of halogens is 1. The van der Waals surface area contributed by atoms with Crippen LogP contribution in [0.1, 0.15) is 17.2 Å². The zero-order valence-corrected chi connectivity index (χ0v) is 17.2. The molecule has 1 aromatic heterocycles. The summed E-state index contributed by atoms with van der Waals surface area (Å²) in [5.74, 6) is 1.63. The molecule has 0 bridgehead atoms. The van der Waals surface area contributed by atoms with Gasteiger partial charge >= 0.3 is 0 Å². The predicted octanol–water partition coefficient (Wildman–Crippen LogP) is 5.62. The summed E-state index contributed by atoms with van der Waals surface area (Å²) in [6.45, 7) is 1.59. The van der Waals surface area contributed by atoms with Gasteiger partial charge in [-0.2, -0.15) is 11.8 Å². The first-order valence-corrected chi connectivity index (χ1v) is 11.5. The molecule has 2 heterocycles. The van der Waals surface area contributed by atoms with Gasteiger partial charge < -0.3 is 9.88 Å². The highest BCUT2D eigenvalue weighted by atomic mass is 35.5. The molecule has 0 saturated carbocycles. The lowest BCUT2D eigenvalue weighted by Gasteiger charge is -2.20. The highest BCUT2D eigenvalue weighted by Gasteiger charge is 2.23. The summed E-state index contributed by atoms with van der Waals surface area (Å²) in [6, 6.07) is 16.2. The van der Waals surface area contributed by atoms with Gasteiger partial charge in [0, 0.05) is 51.1 Å². The van der Waals surface area contributed by atoms with Crippen LogP contribution in [0.5, 0.6) is 0 Å². The van der Waals surface area contributed by atoms with Crippen molar-refractivity contribution in [1.29, 1.82) is 0 Å². The third-order valence-corrected chi connectivity index (χ3v) is 7.54. The van der Waals surface area contributed by atoms with Crippen molar-refractivity contribution in [1.82, 2.24) is 9.88 Å². The molecule has 140 valence electrons. The lowest BCUT2D eigenvalue weighted by molar-refractivity contribution is -0.128. The van der Waals surface area contributed by atoms with Gasteiger partial charge in [0.15, 0.2) is 0 Å². The second-order valence-corrected chi connectivity index (χ2v) is 9.27. The molecule has 1 aliphatic rings. The number of nitrogens with one attached hydrogen (secondary N) is 1. The van der Waals surface area contributed by atoms with Crippen molar-refractivity contribution in [3.63, 3.8) is 0 Å². The Bertz CT molecular complexity index is 943. The third-order valence-electron chi connectivity index (χ3n) is 4.85. The van der Waals surface area contributed by atoms with Crippen molar-refractivity contribution in [3.8, 4) is 0 Å². The Labute approximate surface area is 172 Å². The third kappa shape index (κ3) is 4.31. The van der Waals surface area contributed by atoms with Crippen LogP contribution in [0, 0.1) is 0 Å². The number of hydrogen-bond donors (Lipinski definition) is 1. The SMILES string of the molecule is O=C(CSc1c[nH]c2ccccc12)N1CCS[C@H](c2ccccc2Cl)CC1. The Hall–Kier alpha value is -1.56. The van der Waals surface area contributed by atoms with E-state index in [1.807, 2.05) is 53.2 Å². The predicted molar refractivity (Wildman–Crippen MR) is 117 cm³/mol. The maximum Gasteiger partial charge on any atom is 0.232 e. The summed E-state index contributed by atoms with van der Waals surface area (Å²) in [7, 11) is 0. The van der Waals surface area contributed by atoms with Gasteiger partial charge in [0.25, 0.3) is 0 Å². The van der Waals surface area contributed by atoms with Gasteiger partial charge in [-0.15, -0.1) is 11.8 Å². The lowest BCUT2D eigenvalue weighted by atomic mass is 10.1. The zero-order valence-electron chi connectivity index (χ0n) is 14.9. The Morgan fingerprint density at radius 3 is 2.89 bits per heavy atom. The van der Waals surface area contributed by atoms with Gasteiger partial charge in [0.05, 0.1) is 5.75 Å². The first-order chi connectivity index (χ1) is 13.2. The van der Waals surface area contributed by atoms with Gasteiger partial charge in [0.2, 0.25) is 5.91 Å². The Morgan fingerprint density at radius 2 is 2.00 bits per heavy atom. The van der Waals surface area contributed by atoms with Crippen LogP contribution in [-0.4, -0.2) is 40.4 Å². The van der Waals surface area contributed by atoms with Crippen molar-refractivity contribution in [2.24, 2.45) is 0 Å². The first kappa shape index (κ1) is 18.8. The fourth-order valence-electron chi connectivity index (χ4n) is 3.40. The molecule has 4 rings (SSSR count). The summed E-state index contributed by atoms with van der Waals surface area (Å²) < 4.78 is 0. The fourth-order valence-corrected chi connectivity index (χ4v) is 5.94. The second kappa shape index (κ2) is 8.63. The Kier molecular flexibility index (Phi) is 6.01.